The van der Waals surface area contributed by atoms with Crippen molar-refractivity contribution in [3.8, 4) is 23.1 Å². The van der Waals surface area contributed by atoms with Gasteiger partial charge in [-0.15, -0.1) is 0 Å². The molecule has 0 spiro atoms. The van der Waals surface area contributed by atoms with Gasteiger partial charge in [0.1, 0.15) is 35.8 Å². The van der Waals surface area contributed by atoms with Crippen LogP contribution in [-0.2, 0) is 35.0 Å². The van der Waals surface area contributed by atoms with E-state index >= 15 is 0 Å². The molecule has 2 aliphatic heterocycles. The third-order valence-corrected chi connectivity index (χ3v) is 11.9. The van der Waals surface area contributed by atoms with Gasteiger partial charge in [0.25, 0.3) is 6.47 Å². The largest absolute Gasteiger partial charge is 0.464 e. The van der Waals surface area contributed by atoms with Crippen molar-refractivity contribution in [3.63, 3.8) is 0 Å². The Balaban J connectivity index is 0.000000316. The number of pyridine rings is 1. The number of hydrogen-bond acceptors (Lipinski definition) is 12. The number of likely N-dealkylation sites (tertiary alicyclic amines) is 1. The van der Waals surface area contributed by atoms with Crippen molar-refractivity contribution in [3.05, 3.63) is 114 Å². The lowest BCUT2D eigenvalue weighted by molar-refractivity contribution is -0.137. The molecule has 2 saturated heterocycles. The lowest BCUT2D eigenvalue weighted by Crippen LogP contribution is -2.39. The predicted octanol–water partition coefficient (Wildman–Crippen LogP) is 6.97. The van der Waals surface area contributed by atoms with E-state index in [1.807, 2.05) is 74.6 Å². The van der Waals surface area contributed by atoms with Gasteiger partial charge in [-0.3, -0.25) is 14.5 Å². The van der Waals surface area contributed by atoms with Gasteiger partial charge in [-0.1, -0.05) is 56.2 Å². The molecule has 6 aromatic rings. The Morgan fingerprint density at radius 2 is 1.74 bits per heavy atom. The number of nitrogens with one attached hydrogen (secondary N) is 5. The number of unbranched alkanes of at least 4 members (excludes halogenated alkanes) is 1. The molecule has 0 bridgehead atoms. The number of imidazole rings is 2. The molecule has 3 unspecified atom stereocenters. The maximum atomic E-state index is 12.6. The summed E-state index contributed by atoms with van der Waals surface area (Å²) in [6.07, 6.45) is 8.75. The number of benzene rings is 3. The maximum Gasteiger partial charge on any atom is 0.407 e. The van der Waals surface area contributed by atoms with Crippen molar-refractivity contribution in [1.29, 1.82) is 0 Å². The summed E-state index contributed by atoms with van der Waals surface area (Å²) in [5.41, 5.74) is 7.54. The summed E-state index contributed by atoms with van der Waals surface area (Å²) >= 11 is 0. The number of aromatic nitrogens is 5. The lowest BCUT2D eigenvalue weighted by Gasteiger charge is -2.19. The van der Waals surface area contributed by atoms with Crippen molar-refractivity contribution in [2.45, 2.75) is 83.0 Å². The van der Waals surface area contributed by atoms with E-state index in [-0.39, 0.29) is 24.0 Å². The molecule has 2 amide bonds. The standard InChI is InChI=1S/C39H40N8O.C7H13NO3.C6H10O3/c1-40-37(27-9-4-3-5-10-27)39(48)41-21-7-6-12-36-42-25-34(44-36)29-16-20-31-28(24-29)15-18-30(43-31)17-13-26-14-19-32-33(23-26)46-38(45-32)35-11-8-22-47(35)2;1-5(2)6(4-9)8-7(10)11-3;7-5-9-6-1-3-8-4-2-6/h3-5,9-10,14-16,18-20,23-25,35,37,40H,6-8,11-12,21-22H2,1-2H3,(H,41,48)(H,42,44)(H,45,46);4-6H,1-3H3,(H,8,10);5-6H,1-4H2. The van der Waals surface area contributed by atoms with Gasteiger partial charge >= 0.3 is 6.09 Å². The van der Waals surface area contributed by atoms with E-state index in [0.29, 0.717) is 25.3 Å². The van der Waals surface area contributed by atoms with Crippen molar-refractivity contribution in [1.82, 2.24) is 45.8 Å². The molecule has 5 N–H and O–H groups in total. The van der Waals surface area contributed by atoms with Gasteiger partial charge in [-0.25, -0.2) is 19.7 Å². The molecule has 16 nitrogen and oxygen atoms in total. The molecule has 2 aliphatic rings. The molecular formula is C52H63N9O7. The van der Waals surface area contributed by atoms with Crippen LogP contribution in [0.5, 0.6) is 0 Å². The minimum absolute atomic E-state index is 0.0118. The Labute approximate surface area is 397 Å². The first-order valence-corrected chi connectivity index (χ1v) is 23.2. The first kappa shape index (κ1) is 50.5. The van der Waals surface area contributed by atoms with Crippen molar-refractivity contribution >= 4 is 46.7 Å². The van der Waals surface area contributed by atoms with Crippen molar-refractivity contribution in [2.75, 3.05) is 47.5 Å². The Kier molecular flexibility index (Phi) is 19.2. The number of carbonyl (C=O) groups excluding carboxylic acids is 4. The number of alkyl carbamates (subject to hydrolysis) is 1. The van der Waals surface area contributed by atoms with Crippen LogP contribution in [0.3, 0.4) is 0 Å². The summed E-state index contributed by atoms with van der Waals surface area (Å²) in [5.74, 6) is 8.58. The number of amides is 2. The smallest absolute Gasteiger partial charge is 0.407 e. The number of fused-ring (bicyclic) bond motifs is 2. The second-order valence-corrected chi connectivity index (χ2v) is 17.1. The number of hydrogen-bond donors (Lipinski definition) is 5. The molecule has 8 rings (SSSR count). The molecule has 358 valence electrons. The van der Waals surface area contributed by atoms with Crippen molar-refractivity contribution < 1.29 is 33.4 Å². The molecule has 3 aromatic carbocycles. The fourth-order valence-corrected chi connectivity index (χ4v) is 7.92. The first-order chi connectivity index (χ1) is 33.1. The number of ether oxygens (including phenoxy) is 3. The van der Waals surface area contributed by atoms with Crippen LogP contribution in [0.15, 0.2) is 85.1 Å². The Bertz CT molecular complexity index is 2630. The number of aldehydes is 1. The predicted molar refractivity (Wildman–Crippen MR) is 261 cm³/mol. The van der Waals surface area contributed by atoms with Gasteiger partial charge in [0.15, 0.2) is 0 Å². The Morgan fingerprint density at radius 1 is 0.941 bits per heavy atom. The van der Waals surface area contributed by atoms with Gasteiger partial charge in [0.2, 0.25) is 5.91 Å². The summed E-state index contributed by atoms with van der Waals surface area (Å²) in [6.45, 7) is 7.37. The molecule has 0 radical (unpaired) electrons. The second-order valence-electron chi connectivity index (χ2n) is 17.1. The van der Waals surface area contributed by atoms with Crippen LogP contribution in [0.25, 0.3) is 33.2 Å². The fourth-order valence-electron chi connectivity index (χ4n) is 7.92. The van der Waals surface area contributed by atoms with E-state index in [0.717, 1.165) is 120 Å². The monoisotopic (exact) mass is 925 g/mol. The molecule has 5 heterocycles. The highest BCUT2D eigenvalue weighted by molar-refractivity contribution is 5.85. The summed E-state index contributed by atoms with van der Waals surface area (Å²) in [4.78, 5) is 67.0. The van der Waals surface area contributed by atoms with Gasteiger partial charge in [0, 0.05) is 42.3 Å². The first-order valence-electron chi connectivity index (χ1n) is 23.2. The zero-order valence-corrected chi connectivity index (χ0v) is 39.5. The van der Waals surface area contributed by atoms with E-state index in [1.165, 1.54) is 13.5 Å². The number of H-pyrrole nitrogens is 2. The molecule has 16 heteroatoms. The fraction of sp³-hybridized carbons (Fsp3) is 0.404. The van der Waals surface area contributed by atoms with Crippen LogP contribution in [0.1, 0.15) is 92.9 Å². The lowest BCUT2D eigenvalue weighted by atomic mass is 10.1. The third-order valence-electron chi connectivity index (χ3n) is 11.9. The molecule has 0 saturated carbocycles. The number of aromatic amines is 2. The highest BCUT2D eigenvalue weighted by Crippen LogP contribution is 2.30. The van der Waals surface area contributed by atoms with Crippen LogP contribution < -0.4 is 16.0 Å². The Morgan fingerprint density at radius 3 is 2.44 bits per heavy atom. The number of likely N-dealkylation sites (N-methyl/N-ethyl adjacent to an activating group) is 1. The quantitative estimate of drug-likeness (QED) is 0.0402. The minimum Gasteiger partial charge on any atom is -0.464 e. The van der Waals surface area contributed by atoms with E-state index < -0.39 is 12.1 Å². The summed E-state index contributed by atoms with van der Waals surface area (Å²) in [7, 11) is 5.23. The van der Waals surface area contributed by atoms with E-state index in [1.54, 1.807) is 7.05 Å². The summed E-state index contributed by atoms with van der Waals surface area (Å²) < 4.78 is 14.1. The normalized spacial score (nSPS) is 15.7. The van der Waals surface area contributed by atoms with Gasteiger partial charge in [-0.2, -0.15) is 0 Å². The van der Waals surface area contributed by atoms with Crippen LogP contribution in [0, 0.1) is 17.8 Å². The van der Waals surface area contributed by atoms with Crippen LogP contribution in [0.2, 0.25) is 0 Å². The summed E-state index contributed by atoms with van der Waals surface area (Å²) in [5, 5.41) is 9.59. The SMILES string of the molecule is CNC(C(=O)NCCCCc1ncc(-c2ccc3nc(C#Cc4ccc5nc(C6CCCN6C)[nH]c5c4)ccc3c2)[nH]1)c1ccccc1.COC(=O)NC(C=O)C(C)C.O=COC1CCOCC1. The number of nitrogens with zero attached hydrogens (tertiary/aromatic N) is 4. The molecule has 2 fully saturated rings. The number of aryl methyl sites for hydroxylation is 1. The van der Waals surface area contributed by atoms with E-state index in [2.05, 4.69) is 83.7 Å². The molecule has 3 atom stereocenters. The number of rotatable bonds is 15. The van der Waals surface area contributed by atoms with Crippen LogP contribution in [0.4, 0.5) is 4.79 Å². The highest BCUT2D eigenvalue weighted by Gasteiger charge is 2.25. The topological polar surface area (TPSA) is 206 Å². The zero-order valence-electron chi connectivity index (χ0n) is 39.5. The zero-order chi connectivity index (χ0) is 48.3. The molecular weight excluding hydrogens is 863 g/mol. The van der Waals surface area contributed by atoms with Gasteiger partial charge < -0.3 is 44.9 Å². The second kappa shape index (κ2) is 25.8. The van der Waals surface area contributed by atoms with Crippen LogP contribution >= 0.6 is 0 Å². The van der Waals surface area contributed by atoms with Gasteiger partial charge in [-0.05, 0) is 106 Å². The Hall–Kier alpha value is -6.93. The average Bonchev–Trinajstić information content (AvgIpc) is 4.13. The minimum atomic E-state index is -0.573. The number of methoxy groups -OCH3 is 1. The van der Waals surface area contributed by atoms with E-state index in [9.17, 15) is 19.2 Å². The van der Waals surface area contributed by atoms with Gasteiger partial charge in [0.05, 0.1) is 60.8 Å². The molecule has 0 aliphatic carbocycles. The molecule has 3 aromatic heterocycles. The van der Waals surface area contributed by atoms with Crippen LogP contribution in [-0.4, -0.2) is 114 Å². The summed E-state index contributed by atoms with van der Waals surface area (Å²) in [6, 6.07) is 25.7. The van der Waals surface area contributed by atoms with E-state index in [4.69, 9.17) is 19.4 Å². The maximum absolute atomic E-state index is 12.6. The van der Waals surface area contributed by atoms with Crippen molar-refractivity contribution in [2.24, 2.45) is 5.92 Å². The third kappa shape index (κ3) is 14.5. The highest BCUT2D eigenvalue weighted by atomic mass is 16.5. The number of carbonyl (C=O) groups is 4. The molecule has 68 heavy (non-hydrogen) atoms. The average molecular weight is 926 g/mol.